The van der Waals surface area contributed by atoms with Gasteiger partial charge in [-0.25, -0.2) is 4.39 Å². The Labute approximate surface area is 135 Å². The molecule has 0 radical (unpaired) electrons. The molecule has 0 spiro atoms. The third-order valence-electron chi connectivity index (χ3n) is 2.89. The smallest absolute Gasteiger partial charge is 0.268 e. The Balaban J connectivity index is 1.92. The Bertz CT molecular complexity index is 820. The Morgan fingerprint density at radius 3 is 2.54 bits per heavy atom. The predicted octanol–water partition coefficient (Wildman–Crippen LogP) is 2.21. The fourth-order valence-corrected chi connectivity index (χ4v) is 1.78. The van der Waals surface area contributed by atoms with Gasteiger partial charge in [-0.3, -0.25) is 30.6 Å². The van der Waals surface area contributed by atoms with E-state index in [-0.39, 0.29) is 11.3 Å². The standard InChI is InChI=1S/C16H12FN3O4/c17-13-5-1-3-11(9-13)7-8-15(21)18-19-16(22)12-4-2-6-14(10-12)20(23)24/h1-10H,(H,18,21)(H,19,22). The number of carbonyl (C=O) groups excluding carboxylic acids is 2. The number of rotatable bonds is 4. The van der Waals surface area contributed by atoms with E-state index in [0.29, 0.717) is 5.56 Å². The number of carbonyl (C=O) groups is 2. The zero-order valence-electron chi connectivity index (χ0n) is 12.2. The van der Waals surface area contributed by atoms with Crippen molar-refractivity contribution in [3.8, 4) is 0 Å². The van der Waals surface area contributed by atoms with Crippen LogP contribution >= 0.6 is 0 Å². The molecule has 8 heteroatoms. The number of non-ortho nitro benzene ring substituents is 1. The highest BCUT2D eigenvalue weighted by Crippen LogP contribution is 2.12. The summed E-state index contributed by atoms with van der Waals surface area (Å²) < 4.78 is 13.0. The van der Waals surface area contributed by atoms with Crippen molar-refractivity contribution in [2.24, 2.45) is 0 Å². The summed E-state index contributed by atoms with van der Waals surface area (Å²) in [6.45, 7) is 0. The average molecular weight is 329 g/mol. The van der Waals surface area contributed by atoms with Gasteiger partial charge in [0, 0.05) is 23.8 Å². The molecule has 2 rings (SSSR count). The van der Waals surface area contributed by atoms with Crippen molar-refractivity contribution in [3.63, 3.8) is 0 Å². The Kier molecular flexibility index (Phi) is 5.35. The van der Waals surface area contributed by atoms with Crippen molar-refractivity contribution in [1.29, 1.82) is 0 Å². The summed E-state index contributed by atoms with van der Waals surface area (Å²) in [7, 11) is 0. The van der Waals surface area contributed by atoms with Crippen molar-refractivity contribution in [2.45, 2.75) is 0 Å². The molecule has 7 nitrogen and oxygen atoms in total. The van der Waals surface area contributed by atoms with Crippen LogP contribution in [-0.4, -0.2) is 16.7 Å². The summed E-state index contributed by atoms with van der Waals surface area (Å²) in [5.74, 6) is -1.78. The van der Waals surface area contributed by atoms with Gasteiger partial charge >= 0.3 is 0 Å². The zero-order valence-corrected chi connectivity index (χ0v) is 12.2. The van der Waals surface area contributed by atoms with Crippen LogP contribution in [0.25, 0.3) is 6.08 Å². The number of halogens is 1. The first kappa shape index (κ1) is 16.8. The summed E-state index contributed by atoms with van der Waals surface area (Å²) in [6, 6.07) is 10.7. The molecule has 2 N–H and O–H groups in total. The van der Waals surface area contributed by atoms with Gasteiger partial charge in [0.1, 0.15) is 5.82 Å². The molecule has 0 atom stereocenters. The molecule has 122 valence electrons. The average Bonchev–Trinajstić information content (AvgIpc) is 2.58. The van der Waals surface area contributed by atoms with E-state index >= 15 is 0 Å². The van der Waals surface area contributed by atoms with Crippen LogP contribution in [0.2, 0.25) is 0 Å². The molecule has 0 aromatic heterocycles. The van der Waals surface area contributed by atoms with E-state index in [0.717, 1.165) is 12.1 Å². The Morgan fingerprint density at radius 1 is 1.08 bits per heavy atom. The minimum atomic E-state index is -0.703. The maximum atomic E-state index is 13.0. The molecule has 0 bridgehead atoms. The van der Waals surface area contributed by atoms with Crippen LogP contribution < -0.4 is 10.9 Å². The van der Waals surface area contributed by atoms with Gasteiger partial charge in [0.05, 0.1) is 4.92 Å². The molecule has 2 amide bonds. The SMILES string of the molecule is O=C(C=Cc1cccc(F)c1)NNC(=O)c1cccc([N+](=O)[O-])c1. The molecule has 0 aliphatic carbocycles. The van der Waals surface area contributed by atoms with Gasteiger partial charge in [-0.05, 0) is 29.8 Å². The van der Waals surface area contributed by atoms with Gasteiger partial charge in [0.15, 0.2) is 0 Å². The van der Waals surface area contributed by atoms with Crippen molar-refractivity contribution < 1.29 is 18.9 Å². The molecule has 0 unspecified atom stereocenters. The van der Waals surface area contributed by atoms with Crippen molar-refractivity contribution >= 4 is 23.6 Å². The van der Waals surface area contributed by atoms with E-state index in [2.05, 4.69) is 10.9 Å². The molecule has 0 fully saturated rings. The number of hydrogen-bond donors (Lipinski definition) is 2. The van der Waals surface area contributed by atoms with E-state index in [1.807, 2.05) is 0 Å². The second-order valence-corrected chi connectivity index (χ2v) is 4.64. The molecule has 24 heavy (non-hydrogen) atoms. The first-order valence-electron chi connectivity index (χ1n) is 6.74. The van der Waals surface area contributed by atoms with Gasteiger partial charge in [0.25, 0.3) is 17.5 Å². The van der Waals surface area contributed by atoms with Crippen molar-refractivity contribution in [2.75, 3.05) is 0 Å². The Hall–Kier alpha value is -3.55. The topological polar surface area (TPSA) is 101 Å². The van der Waals surface area contributed by atoms with Gasteiger partial charge < -0.3 is 0 Å². The monoisotopic (exact) mass is 329 g/mol. The van der Waals surface area contributed by atoms with Gasteiger partial charge in [-0.15, -0.1) is 0 Å². The van der Waals surface area contributed by atoms with Gasteiger partial charge in [-0.1, -0.05) is 18.2 Å². The number of nitro benzene ring substituents is 1. The molecule has 2 aromatic rings. The molecule has 2 aromatic carbocycles. The van der Waals surface area contributed by atoms with Crippen LogP contribution in [0.4, 0.5) is 10.1 Å². The third kappa shape index (κ3) is 4.73. The number of hydrazine groups is 1. The molecular formula is C16H12FN3O4. The lowest BCUT2D eigenvalue weighted by Crippen LogP contribution is -2.40. The molecule has 0 saturated carbocycles. The number of benzene rings is 2. The van der Waals surface area contributed by atoms with Crippen LogP contribution in [0.3, 0.4) is 0 Å². The van der Waals surface area contributed by atoms with E-state index in [9.17, 15) is 24.1 Å². The van der Waals surface area contributed by atoms with Gasteiger partial charge in [0.2, 0.25) is 0 Å². The minimum absolute atomic E-state index is 0.0265. The van der Waals surface area contributed by atoms with Crippen molar-refractivity contribution in [3.05, 3.63) is 81.7 Å². The lowest BCUT2D eigenvalue weighted by molar-refractivity contribution is -0.384. The molecular weight excluding hydrogens is 317 g/mol. The minimum Gasteiger partial charge on any atom is -0.268 e. The number of nitro groups is 1. The first-order chi connectivity index (χ1) is 11.5. The maximum absolute atomic E-state index is 13.0. The van der Waals surface area contributed by atoms with Crippen LogP contribution in [0.5, 0.6) is 0 Å². The third-order valence-corrected chi connectivity index (χ3v) is 2.89. The molecule has 0 aliphatic heterocycles. The molecule has 0 aliphatic rings. The van der Waals surface area contributed by atoms with Crippen molar-refractivity contribution in [1.82, 2.24) is 10.9 Å². The summed E-state index contributed by atoms with van der Waals surface area (Å²) in [5.41, 5.74) is 4.52. The second kappa shape index (κ2) is 7.63. The number of nitrogens with one attached hydrogen (secondary N) is 2. The number of nitrogens with zero attached hydrogens (tertiary/aromatic N) is 1. The Morgan fingerprint density at radius 2 is 1.83 bits per heavy atom. The van der Waals surface area contributed by atoms with E-state index in [1.54, 1.807) is 6.07 Å². The first-order valence-corrected chi connectivity index (χ1v) is 6.74. The summed E-state index contributed by atoms with van der Waals surface area (Å²) >= 11 is 0. The maximum Gasteiger partial charge on any atom is 0.270 e. The van der Waals surface area contributed by atoms with Gasteiger partial charge in [-0.2, -0.15) is 0 Å². The van der Waals surface area contributed by atoms with Crippen LogP contribution in [0.15, 0.2) is 54.6 Å². The second-order valence-electron chi connectivity index (χ2n) is 4.64. The fourth-order valence-electron chi connectivity index (χ4n) is 1.78. The molecule has 0 heterocycles. The summed E-state index contributed by atoms with van der Waals surface area (Å²) in [5, 5.41) is 10.7. The quantitative estimate of drug-likeness (QED) is 0.510. The van der Waals surface area contributed by atoms with Crippen LogP contribution in [-0.2, 0) is 4.79 Å². The zero-order chi connectivity index (χ0) is 17.5. The normalized spacial score (nSPS) is 10.4. The van der Waals surface area contributed by atoms with Crippen LogP contribution in [0.1, 0.15) is 15.9 Å². The molecule has 0 saturated heterocycles. The lowest BCUT2D eigenvalue weighted by Gasteiger charge is -2.05. The van der Waals surface area contributed by atoms with E-state index in [1.165, 1.54) is 42.5 Å². The summed E-state index contributed by atoms with van der Waals surface area (Å²) in [4.78, 5) is 33.4. The summed E-state index contributed by atoms with van der Waals surface area (Å²) in [6.07, 6.45) is 2.49. The van der Waals surface area contributed by atoms with E-state index in [4.69, 9.17) is 0 Å². The highest BCUT2D eigenvalue weighted by atomic mass is 19.1. The highest BCUT2D eigenvalue weighted by molar-refractivity contribution is 5.98. The number of amides is 2. The number of hydrogen-bond acceptors (Lipinski definition) is 4. The predicted molar refractivity (Wildman–Crippen MR) is 84.1 cm³/mol. The fraction of sp³-hybridized carbons (Fsp3) is 0. The van der Waals surface area contributed by atoms with E-state index < -0.39 is 22.6 Å². The lowest BCUT2D eigenvalue weighted by atomic mass is 10.2. The van der Waals surface area contributed by atoms with Crippen LogP contribution in [0, 0.1) is 15.9 Å². The highest BCUT2D eigenvalue weighted by Gasteiger charge is 2.11. The largest absolute Gasteiger partial charge is 0.270 e.